The summed E-state index contributed by atoms with van der Waals surface area (Å²) in [5.41, 5.74) is 0.686. The van der Waals surface area contributed by atoms with Gasteiger partial charge in [0, 0.05) is 29.7 Å². The molecule has 0 aliphatic rings. The van der Waals surface area contributed by atoms with Crippen molar-refractivity contribution >= 4 is 28.4 Å². The van der Waals surface area contributed by atoms with E-state index in [1.165, 1.54) is 0 Å². The topological polar surface area (TPSA) is 51.1 Å². The van der Waals surface area contributed by atoms with Gasteiger partial charge in [-0.25, -0.2) is 0 Å². The molecular formula is C16H19ClN2O2. The summed E-state index contributed by atoms with van der Waals surface area (Å²) in [5.74, 6) is -0.322. The van der Waals surface area contributed by atoms with Crippen molar-refractivity contribution in [1.82, 2.24) is 9.88 Å². The number of rotatable bonds is 5. The normalized spacial score (nSPS) is 10.8. The maximum absolute atomic E-state index is 12.5. The van der Waals surface area contributed by atoms with Gasteiger partial charge in [-0.2, -0.15) is 0 Å². The SMILES string of the molecule is CCCCNC(=O)c1cn(CC)c2ccc(Cl)cc2c1=O. The van der Waals surface area contributed by atoms with E-state index in [9.17, 15) is 9.59 Å². The smallest absolute Gasteiger partial charge is 0.256 e. The van der Waals surface area contributed by atoms with Gasteiger partial charge in [0.05, 0.1) is 5.52 Å². The molecular weight excluding hydrogens is 288 g/mol. The third-order valence-electron chi connectivity index (χ3n) is 3.44. The van der Waals surface area contributed by atoms with E-state index in [1.54, 1.807) is 24.4 Å². The number of carbonyl (C=O) groups excluding carboxylic acids is 1. The molecule has 0 aliphatic heterocycles. The first-order valence-corrected chi connectivity index (χ1v) is 7.57. The molecule has 2 rings (SSSR count). The van der Waals surface area contributed by atoms with Gasteiger partial charge in [0.25, 0.3) is 5.91 Å². The number of halogens is 1. The maximum atomic E-state index is 12.5. The molecule has 0 aliphatic carbocycles. The number of aryl methyl sites for hydroxylation is 1. The van der Waals surface area contributed by atoms with Gasteiger partial charge in [0.15, 0.2) is 0 Å². The van der Waals surface area contributed by atoms with E-state index in [1.807, 2.05) is 18.4 Å². The van der Waals surface area contributed by atoms with Crippen molar-refractivity contribution in [2.75, 3.05) is 6.54 Å². The number of fused-ring (bicyclic) bond motifs is 1. The van der Waals surface area contributed by atoms with Crippen LogP contribution in [0.25, 0.3) is 10.9 Å². The molecule has 0 unspecified atom stereocenters. The van der Waals surface area contributed by atoms with Crippen LogP contribution in [0.15, 0.2) is 29.2 Å². The molecule has 0 bridgehead atoms. The van der Waals surface area contributed by atoms with E-state index in [-0.39, 0.29) is 16.9 Å². The second-order valence-corrected chi connectivity index (χ2v) is 5.37. The van der Waals surface area contributed by atoms with Gasteiger partial charge in [0.2, 0.25) is 5.43 Å². The highest BCUT2D eigenvalue weighted by Crippen LogP contribution is 2.17. The average molecular weight is 307 g/mol. The lowest BCUT2D eigenvalue weighted by atomic mass is 10.1. The number of amides is 1. The van der Waals surface area contributed by atoms with Crippen molar-refractivity contribution in [3.8, 4) is 0 Å². The molecule has 5 heteroatoms. The molecule has 0 saturated heterocycles. The monoisotopic (exact) mass is 306 g/mol. The van der Waals surface area contributed by atoms with Crippen LogP contribution in [0.3, 0.4) is 0 Å². The second-order valence-electron chi connectivity index (χ2n) is 4.93. The highest BCUT2D eigenvalue weighted by molar-refractivity contribution is 6.31. The Labute approximate surface area is 128 Å². The fraction of sp³-hybridized carbons (Fsp3) is 0.375. The number of unbranched alkanes of at least 4 members (excludes halogenated alkanes) is 1. The van der Waals surface area contributed by atoms with E-state index < -0.39 is 0 Å². The van der Waals surface area contributed by atoms with Crippen LogP contribution >= 0.6 is 11.6 Å². The molecule has 112 valence electrons. The van der Waals surface area contributed by atoms with Crippen LogP contribution < -0.4 is 10.7 Å². The summed E-state index contributed by atoms with van der Waals surface area (Å²) in [7, 11) is 0. The van der Waals surface area contributed by atoms with Crippen LogP contribution in [0, 0.1) is 0 Å². The minimum absolute atomic E-state index is 0.169. The van der Waals surface area contributed by atoms with Gasteiger partial charge < -0.3 is 9.88 Å². The van der Waals surface area contributed by atoms with Crippen molar-refractivity contribution in [2.24, 2.45) is 0 Å². The number of hydrogen-bond acceptors (Lipinski definition) is 2. The van der Waals surface area contributed by atoms with Crippen molar-refractivity contribution in [3.05, 3.63) is 45.2 Å². The maximum Gasteiger partial charge on any atom is 0.256 e. The highest BCUT2D eigenvalue weighted by atomic mass is 35.5. The van der Waals surface area contributed by atoms with Crippen LogP contribution in [0.1, 0.15) is 37.0 Å². The fourth-order valence-electron chi connectivity index (χ4n) is 2.27. The van der Waals surface area contributed by atoms with Crippen molar-refractivity contribution in [1.29, 1.82) is 0 Å². The number of aromatic nitrogens is 1. The molecule has 0 fully saturated rings. The van der Waals surface area contributed by atoms with E-state index >= 15 is 0 Å². The van der Waals surface area contributed by atoms with Crippen molar-refractivity contribution in [2.45, 2.75) is 33.2 Å². The molecule has 4 nitrogen and oxygen atoms in total. The molecule has 2 aromatic rings. The van der Waals surface area contributed by atoms with Crippen LogP contribution in [0.4, 0.5) is 0 Å². The van der Waals surface area contributed by atoms with E-state index in [0.717, 1.165) is 18.4 Å². The van der Waals surface area contributed by atoms with Crippen LogP contribution in [0.2, 0.25) is 5.02 Å². The van der Waals surface area contributed by atoms with Gasteiger partial charge >= 0.3 is 0 Å². The zero-order valence-electron chi connectivity index (χ0n) is 12.3. The summed E-state index contributed by atoms with van der Waals surface area (Å²) < 4.78 is 1.89. The number of nitrogens with zero attached hydrogens (tertiary/aromatic N) is 1. The van der Waals surface area contributed by atoms with E-state index in [2.05, 4.69) is 5.32 Å². The lowest BCUT2D eigenvalue weighted by molar-refractivity contribution is 0.0951. The fourth-order valence-corrected chi connectivity index (χ4v) is 2.44. The van der Waals surface area contributed by atoms with Gasteiger partial charge in [0.1, 0.15) is 5.56 Å². The van der Waals surface area contributed by atoms with Crippen molar-refractivity contribution in [3.63, 3.8) is 0 Å². The Balaban J connectivity index is 2.52. The standard InChI is InChI=1S/C16H19ClN2O2/c1-3-5-8-18-16(21)13-10-19(4-2)14-7-6-11(17)9-12(14)15(13)20/h6-7,9-10H,3-5,8H2,1-2H3,(H,18,21). The minimum atomic E-state index is -0.322. The quantitative estimate of drug-likeness (QED) is 0.862. The van der Waals surface area contributed by atoms with Gasteiger partial charge in [-0.15, -0.1) is 0 Å². The summed E-state index contributed by atoms with van der Waals surface area (Å²) in [5, 5.41) is 3.76. The molecule has 1 heterocycles. The molecule has 1 aromatic carbocycles. The number of benzene rings is 1. The summed E-state index contributed by atoms with van der Waals surface area (Å²) >= 11 is 5.97. The minimum Gasteiger partial charge on any atom is -0.352 e. The zero-order valence-corrected chi connectivity index (χ0v) is 13.0. The summed E-state index contributed by atoms with van der Waals surface area (Å²) in [6, 6.07) is 5.17. The highest BCUT2D eigenvalue weighted by Gasteiger charge is 2.14. The predicted molar refractivity (Wildman–Crippen MR) is 86.1 cm³/mol. The Bertz CT molecular complexity index is 722. The van der Waals surface area contributed by atoms with E-state index in [4.69, 9.17) is 11.6 Å². The average Bonchev–Trinajstić information content (AvgIpc) is 2.48. The summed E-state index contributed by atoms with van der Waals surface area (Å²) in [6.07, 6.45) is 3.51. The Kier molecular flexibility index (Phi) is 5.02. The Morgan fingerprint density at radius 1 is 1.33 bits per heavy atom. The summed E-state index contributed by atoms with van der Waals surface area (Å²) in [4.78, 5) is 24.7. The molecule has 1 aromatic heterocycles. The first kappa shape index (κ1) is 15.6. The third kappa shape index (κ3) is 3.27. The Morgan fingerprint density at radius 3 is 2.76 bits per heavy atom. The molecule has 0 saturated carbocycles. The lowest BCUT2D eigenvalue weighted by Gasteiger charge is -2.12. The zero-order chi connectivity index (χ0) is 15.4. The third-order valence-corrected chi connectivity index (χ3v) is 3.68. The van der Waals surface area contributed by atoms with E-state index in [0.29, 0.717) is 23.5 Å². The molecule has 21 heavy (non-hydrogen) atoms. The number of carbonyl (C=O) groups is 1. The number of hydrogen-bond donors (Lipinski definition) is 1. The summed E-state index contributed by atoms with van der Waals surface area (Å²) in [6.45, 7) is 5.27. The molecule has 0 spiro atoms. The molecule has 1 N–H and O–H groups in total. The number of nitrogens with one attached hydrogen (secondary N) is 1. The lowest BCUT2D eigenvalue weighted by Crippen LogP contribution is -2.30. The second kappa shape index (κ2) is 6.76. The first-order chi connectivity index (χ1) is 10.1. The van der Waals surface area contributed by atoms with Gasteiger partial charge in [-0.05, 0) is 31.5 Å². The van der Waals surface area contributed by atoms with Crippen molar-refractivity contribution < 1.29 is 4.79 Å². The molecule has 1 amide bonds. The molecule has 0 atom stereocenters. The Morgan fingerprint density at radius 2 is 2.10 bits per heavy atom. The van der Waals surface area contributed by atoms with Crippen LogP contribution in [-0.4, -0.2) is 17.0 Å². The van der Waals surface area contributed by atoms with Gasteiger partial charge in [-0.3, -0.25) is 9.59 Å². The predicted octanol–water partition coefficient (Wildman–Crippen LogP) is 3.20. The largest absolute Gasteiger partial charge is 0.352 e. The molecule has 0 radical (unpaired) electrons. The van der Waals surface area contributed by atoms with Crippen LogP contribution in [-0.2, 0) is 6.54 Å². The number of pyridine rings is 1. The Hall–Kier alpha value is -1.81. The van der Waals surface area contributed by atoms with Gasteiger partial charge in [-0.1, -0.05) is 24.9 Å². The first-order valence-electron chi connectivity index (χ1n) is 7.19. The van der Waals surface area contributed by atoms with Crippen LogP contribution in [0.5, 0.6) is 0 Å².